The summed E-state index contributed by atoms with van der Waals surface area (Å²) in [5.74, 6) is -1.05. The van der Waals surface area contributed by atoms with Crippen LogP contribution in [-0.4, -0.2) is 29.8 Å². The Labute approximate surface area is 152 Å². The molecule has 26 heavy (non-hydrogen) atoms. The maximum atomic E-state index is 12.6. The zero-order chi connectivity index (χ0) is 19.6. The Kier molecular flexibility index (Phi) is 5.65. The van der Waals surface area contributed by atoms with Gasteiger partial charge in [0.05, 0.1) is 24.8 Å². The molecule has 6 heteroatoms. The highest BCUT2D eigenvalue weighted by Gasteiger charge is 2.24. The Bertz CT molecular complexity index is 870. The summed E-state index contributed by atoms with van der Waals surface area (Å²) >= 11 is 0. The molecule has 0 aliphatic carbocycles. The number of hydrogen-bond donors (Lipinski definition) is 2. The van der Waals surface area contributed by atoms with E-state index in [-0.39, 0.29) is 23.7 Å². The molecule has 6 nitrogen and oxygen atoms in total. The molecule has 0 spiro atoms. The van der Waals surface area contributed by atoms with E-state index in [4.69, 9.17) is 4.74 Å². The first-order chi connectivity index (χ1) is 12.1. The first-order valence-electron chi connectivity index (χ1n) is 8.34. The summed E-state index contributed by atoms with van der Waals surface area (Å²) in [6, 6.07) is 3.99. The molecule has 0 radical (unpaired) electrons. The highest BCUT2D eigenvalue weighted by Crippen LogP contribution is 2.24. The lowest BCUT2D eigenvalue weighted by Gasteiger charge is -2.13. The minimum Gasteiger partial charge on any atom is -0.465 e. The number of amides is 1. The van der Waals surface area contributed by atoms with Crippen molar-refractivity contribution < 1.29 is 19.1 Å². The highest BCUT2D eigenvalue weighted by atomic mass is 16.5. The molecule has 0 bridgehead atoms. The average molecular weight is 356 g/mol. The number of H-pyrrole nitrogens is 1. The Balaban J connectivity index is 2.33. The molecule has 2 N–H and O–H groups in total. The van der Waals surface area contributed by atoms with Gasteiger partial charge in [0.25, 0.3) is 0 Å². The van der Waals surface area contributed by atoms with E-state index < -0.39 is 5.97 Å². The van der Waals surface area contributed by atoms with Crippen LogP contribution in [0.2, 0.25) is 0 Å². The van der Waals surface area contributed by atoms with Crippen molar-refractivity contribution in [3.63, 3.8) is 0 Å². The maximum Gasteiger partial charge on any atom is 0.339 e. The van der Waals surface area contributed by atoms with Crippen molar-refractivity contribution in [2.75, 3.05) is 12.4 Å². The van der Waals surface area contributed by atoms with Crippen molar-refractivity contribution in [3.05, 3.63) is 51.3 Å². The van der Waals surface area contributed by atoms with Crippen LogP contribution in [0.1, 0.15) is 55.7 Å². The standard InChI is InChI=1S/C20H24N2O4/c1-10-7-11(2)18(12(3)8-10)22-16(24)9-15-17(20(25)26-6)13(4)19(21-15)14(5)23/h7-8,21H,9H2,1-6H3,(H,22,24). The van der Waals surface area contributed by atoms with Gasteiger partial charge >= 0.3 is 5.97 Å². The van der Waals surface area contributed by atoms with Crippen LogP contribution in [0.15, 0.2) is 12.1 Å². The molecule has 2 rings (SSSR count). The fraction of sp³-hybridized carbons (Fsp3) is 0.350. The van der Waals surface area contributed by atoms with Crippen LogP contribution in [-0.2, 0) is 16.0 Å². The van der Waals surface area contributed by atoms with Crippen molar-refractivity contribution in [1.82, 2.24) is 4.98 Å². The number of anilines is 1. The number of aromatic nitrogens is 1. The van der Waals surface area contributed by atoms with Gasteiger partial charge in [0, 0.05) is 18.3 Å². The van der Waals surface area contributed by atoms with E-state index in [0.29, 0.717) is 17.0 Å². The van der Waals surface area contributed by atoms with Crippen molar-refractivity contribution in [1.29, 1.82) is 0 Å². The lowest BCUT2D eigenvalue weighted by atomic mass is 10.0. The van der Waals surface area contributed by atoms with Crippen LogP contribution in [0.3, 0.4) is 0 Å². The first-order valence-corrected chi connectivity index (χ1v) is 8.34. The van der Waals surface area contributed by atoms with E-state index in [1.165, 1.54) is 14.0 Å². The van der Waals surface area contributed by atoms with Gasteiger partial charge in [-0.25, -0.2) is 4.79 Å². The van der Waals surface area contributed by atoms with Crippen molar-refractivity contribution in [2.45, 2.75) is 41.0 Å². The summed E-state index contributed by atoms with van der Waals surface area (Å²) in [7, 11) is 1.27. The second kappa shape index (κ2) is 7.56. The van der Waals surface area contributed by atoms with Crippen LogP contribution < -0.4 is 5.32 Å². The number of Topliss-reactive ketones (excluding diaryl/α,β-unsaturated/α-hetero) is 1. The minimum atomic E-state index is -0.572. The smallest absolute Gasteiger partial charge is 0.339 e. The average Bonchev–Trinajstić information content (AvgIpc) is 2.86. The summed E-state index contributed by atoms with van der Waals surface area (Å²) in [6.07, 6.45) is -0.0642. The van der Waals surface area contributed by atoms with Crippen molar-refractivity contribution in [3.8, 4) is 0 Å². The molecule has 0 aliphatic rings. The Morgan fingerprint density at radius 2 is 1.65 bits per heavy atom. The van der Waals surface area contributed by atoms with Crippen LogP contribution in [0.4, 0.5) is 5.69 Å². The van der Waals surface area contributed by atoms with Gasteiger partial charge in [-0.2, -0.15) is 0 Å². The van der Waals surface area contributed by atoms with Gasteiger partial charge in [0.2, 0.25) is 5.91 Å². The molecule has 0 aliphatic heterocycles. The first kappa shape index (κ1) is 19.4. The Morgan fingerprint density at radius 1 is 1.08 bits per heavy atom. The summed E-state index contributed by atoms with van der Waals surface area (Å²) in [4.78, 5) is 39.3. The number of carbonyl (C=O) groups excluding carboxylic acids is 3. The third kappa shape index (κ3) is 3.85. The van der Waals surface area contributed by atoms with Crippen LogP contribution in [0, 0.1) is 27.7 Å². The predicted octanol–water partition coefficient (Wildman–Crippen LogP) is 3.42. The highest BCUT2D eigenvalue weighted by molar-refractivity contribution is 6.02. The van der Waals surface area contributed by atoms with Gasteiger partial charge in [0.15, 0.2) is 5.78 Å². The van der Waals surface area contributed by atoms with Gasteiger partial charge in [-0.15, -0.1) is 0 Å². The maximum absolute atomic E-state index is 12.6. The van der Waals surface area contributed by atoms with E-state index in [0.717, 1.165) is 22.4 Å². The predicted molar refractivity (Wildman–Crippen MR) is 99.9 cm³/mol. The van der Waals surface area contributed by atoms with E-state index >= 15 is 0 Å². The number of rotatable bonds is 5. The Hall–Kier alpha value is -2.89. The number of aromatic amines is 1. The minimum absolute atomic E-state index is 0.0642. The second-order valence-corrected chi connectivity index (χ2v) is 6.52. The number of ketones is 1. The van der Waals surface area contributed by atoms with E-state index in [2.05, 4.69) is 10.3 Å². The van der Waals surface area contributed by atoms with Crippen molar-refractivity contribution in [2.24, 2.45) is 0 Å². The molecule has 1 aromatic heterocycles. The zero-order valence-corrected chi connectivity index (χ0v) is 16.0. The zero-order valence-electron chi connectivity index (χ0n) is 16.0. The van der Waals surface area contributed by atoms with Gasteiger partial charge in [-0.05, 0) is 44.4 Å². The number of esters is 1. The fourth-order valence-corrected chi connectivity index (χ4v) is 3.24. The molecule has 1 heterocycles. The number of ether oxygens (including phenoxy) is 1. The number of hydrogen-bond acceptors (Lipinski definition) is 4. The topological polar surface area (TPSA) is 88.3 Å². The number of nitrogens with one attached hydrogen (secondary N) is 2. The summed E-state index contributed by atoms with van der Waals surface area (Å²) in [6.45, 7) is 8.93. The number of benzene rings is 1. The number of carbonyl (C=O) groups is 3. The summed E-state index contributed by atoms with van der Waals surface area (Å²) in [5, 5.41) is 2.90. The number of aryl methyl sites for hydroxylation is 3. The van der Waals surface area contributed by atoms with Gasteiger partial charge in [0.1, 0.15) is 0 Å². The lowest BCUT2D eigenvalue weighted by Crippen LogP contribution is -2.18. The second-order valence-electron chi connectivity index (χ2n) is 6.52. The molecular weight excluding hydrogens is 332 g/mol. The van der Waals surface area contributed by atoms with Gasteiger partial charge in [-0.3, -0.25) is 9.59 Å². The largest absolute Gasteiger partial charge is 0.465 e. The van der Waals surface area contributed by atoms with Crippen LogP contribution in [0.5, 0.6) is 0 Å². The third-order valence-corrected chi connectivity index (χ3v) is 4.35. The molecule has 0 unspecified atom stereocenters. The van der Waals surface area contributed by atoms with Crippen LogP contribution in [0.25, 0.3) is 0 Å². The third-order valence-electron chi connectivity index (χ3n) is 4.35. The monoisotopic (exact) mass is 356 g/mol. The summed E-state index contributed by atoms with van der Waals surface area (Å²) in [5.41, 5.74) is 5.25. The van der Waals surface area contributed by atoms with Crippen molar-refractivity contribution >= 4 is 23.3 Å². The molecule has 0 atom stereocenters. The molecule has 0 fully saturated rings. The number of methoxy groups -OCH3 is 1. The summed E-state index contributed by atoms with van der Waals surface area (Å²) < 4.78 is 4.80. The lowest BCUT2D eigenvalue weighted by molar-refractivity contribution is -0.115. The molecule has 0 saturated carbocycles. The van der Waals surface area contributed by atoms with E-state index in [1.54, 1.807) is 6.92 Å². The quantitative estimate of drug-likeness (QED) is 0.635. The SMILES string of the molecule is COC(=O)c1c(CC(=O)Nc2c(C)cc(C)cc2C)[nH]c(C(C)=O)c1C. The van der Waals surface area contributed by atoms with Gasteiger partial charge < -0.3 is 15.0 Å². The molecule has 2 aromatic rings. The van der Waals surface area contributed by atoms with E-state index in [9.17, 15) is 14.4 Å². The normalized spacial score (nSPS) is 10.5. The fourth-order valence-electron chi connectivity index (χ4n) is 3.24. The Morgan fingerprint density at radius 3 is 2.15 bits per heavy atom. The van der Waals surface area contributed by atoms with Crippen LogP contribution >= 0.6 is 0 Å². The molecular formula is C20H24N2O4. The van der Waals surface area contributed by atoms with E-state index in [1.807, 2.05) is 32.9 Å². The molecule has 1 amide bonds. The molecule has 138 valence electrons. The molecule has 1 aromatic carbocycles. The van der Waals surface area contributed by atoms with Gasteiger partial charge in [-0.1, -0.05) is 17.7 Å². The molecule has 0 saturated heterocycles.